The van der Waals surface area contributed by atoms with E-state index in [4.69, 9.17) is 0 Å². The number of nitrogens with one attached hydrogen (secondary N) is 1. The number of alkyl halides is 1. The predicted octanol–water partition coefficient (Wildman–Crippen LogP) is 2.46. The van der Waals surface area contributed by atoms with Crippen LogP contribution in [0.5, 0.6) is 0 Å². The molecule has 100 valence electrons. The molecule has 0 aromatic heterocycles. The summed E-state index contributed by atoms with van der Waals surface area (Å²) >= 11 is 3.37. The van der Waals surface area contributed by atoms with Crippen LogP contribution in [-0.4, -0.2) is 28.0 Å². The van der Waals surface area contributed by atoms with Gasteiger partial charge in [0.25, 0.3) is 0 Å². The lowest BCUT2D eigenvalue weighted by Crippen LogP contribution is -2.47. The first-order chi connectivity index (χ1) is 7.84. The molecule has 1 rings (SSSR count). The lowest BCUT2D eigenvalue weighted by Gasteiger charge is -2.35. The molecule has 3 nitrogen and oxygen atoms in total. The van der Waals surface area contributed by atoms with Crippen molar-refractivity contribution in [2.75, 3.05) is 6.54 Å². The summed E-state index contributed by atoms with van der Waals surface area (Å²) in [5.41, 5.74) is -0.689. The van der Waals surface area contributed by atoms with Gasteiger partial charge in [-0.3, -0.25) is 4.79 Å². The van der Waals surface area contributed by atoms with Crippen LogP contribution in [0.1, 0.15) is 46.5 Å². The molecule has 0 radical (unpaired) electrons. The maximum atomic E-state index is 11.8. The van der Waals surface area contributed by atoms with Gasteiger partial charge in [0.15, 0.2) is 0 Å². The van der Waals surface area contributed by atoms with Crippen molar-refractivity contribution < 1.29 is 9.90 Å². The molecule has 1 aliphatic rings. The Morgan fingerprint density at radius 3 is 2.47 bits per heavy atom. The molecule has 0 saturated heterocycles. The molecule has 17 heavy (non-hydrogen) atoms. The van der Waals surface area contributed by atoms with Crippen LogP contribution in [0.15, 0.2) is 0 Å². The fourth-order valence-electron chi connectivity index (χ4n) is 2.13. The number of carbonyl (C=O) groups is 1. The van der Waals surface area contributed by atoms with Crippen LogP contribution < -0.4 is 5.32 Å². The molecule has 1 fully saturated rings. The number of amides is 1. The highest BCUT2D eigenvalue weighted by Gasteiger charge is 2.32. The summed E-state index contributed by atoms with van der Waals surface area (Å²) in [6.45, 7) is 6.59. The van der Waals surface area contributed by atoms with Crippen LogP contribution in [0, 0.1) is 11.8 Å². The fourth-order valence-corrected chi connectivity index (χ4v) is 2.29. The molecule has 1 aliphatic carbocycles. The van der Waals surface area contributed by atoms with E-state index in [1.54, 1.807) is 0 Å². The predicted molar refractivity (Wildman–Crippen MR) is 73.1 cm³/mol. The van der Waals surface area contributed by atoms with E-state index < -0.39 is 5.60 Å². The van der Waals surface area contributed by atoms with Gasteiger partial charge in [0.2, 0.25) is 5.91 Å². The van der Waals surface area contributed by atoms with Crippen molar-refractivity contribution in [3.05, 3.63) is 0 Å². The second-order valence-electron chi connectivity index (χ2n) is 5.77. The van der Waals surface area contributed by atoms with E-state index in [-0.39, 0.29) is 16.7 Å². The van der Waals surface area contributed by atoms with Gasteiger partial charge in [-0.1, -0.05) is 36.7 Å². The van der Waals surface area contributed by atoms with Gasteiger partial charge in [0, 0.05) is 6.54 Å². The van der Waals surface area contributed by atoms with Gasteiger partial charge in [0.1, 0.15) is 0 Å². The van der Waals surface area contributed by atoms with Crippen molar-refractivity contribution in [2.45, 2.75) is 56.9 Å². The number of carbonyl (C=O) groups excluding carboxylic acids is 1. The third-order valence-electron chi connectivity index (χ3n) is 3.63. The van der Waals surface area contributed by atoms with Gasteiger partial charge in [-0.2, -0.15) is 0 Å². The number of halogens is 1. The quantitative estimate of drug-likeness (QED) is 0.784. The summed E-state index contributed by atoms with van der Waals surface area (Å²) in [6.07, 6.45) is 3.69. The van der Waals surface area contributed by atoms with Gasteiger partial charge in [0.05, 0.1) is 10.4 Å². The zero-order chi connectivity index (χ0) is 13.1. The lowest BCUT2D eigenvalue weighted by molar-refractivity contribution is -0.122. The second-order valence-corrected chi connectivity index (χ2v) is 6.76. The van der Waals surface area contributed by atoms with Crippen LogP contribution >= 0.6 is 15.9 Å². The van der Waals surface area contributed by atoms with Crippen LogP contribution in [0.2, 0.25) is 0 Å². The van der Waals surface area contributed by atoms with Crippen molar-refractivity contribution >= 4 is 21.8 Å². The smallest absolute Gasteiger partial charge is 0.234 e. The van der Waals surface area contributed by atoms with Crippen molar-refractivity contribution in [2.24, 2.45) is 11.8 Å². The van der Waals surface area contributed by atoms with E-state index in [1.807, 2.05) is 13.8 Å². The van der Waals surface area contributed by atoms with Gasteiger partial charge < -0.3 is 10.4 Å². The third-order valence-corrected chi connectivity index (χ3v) is 5.11. The Bertz CT molecular complexity index is 260. The second kappa shape index (κ2) is 6.19. The summed E-state index contributed by atoms with van der Waals surface area (Å²) in [7, 11) is 0. The standard InChI is InChI=1S/C13H24BrNO2/c1-9(2)11(14)12(16)15-8-13(17)6-4-10(3)5-7-13/h9-11,17H,4-8H2,1-3H3,(H,15,16). The normalized spacial score (nSPS) is 31.3. The van der Waals surface area contributed by atoms with E-state index in [1.165, 1.54) is 0 Å². The van der Waals surface area contributed by atoms with Crippen LogP contribution in [0.4, 0.5) is 0 Å². The van der Waals surface area contributed by atoms with Crippen LogP contribution in [0.25, 0.3) is 0 Å². The van der Waals surface area contributed by atoms with E-state index >= 15 is 0 Å². The van der Waals surface area contributed by atoms with Gasteiger partial charge in [-0.15, -0.1) is 0 Å². The summed E-state index contributed by atoms with van der Waals surface area (Å²) in [4.78, 5) is 11.6. The Hall–Kier alpha value is -0.0900. The molecule has 1 unspecified atom stereocenters. The molecule has 1 saturated carbocycles. The van der Waals surface area contributed by atoms with Crippen LogP contribution in [0.3, 0.4) is 0 Å². The number of rotatable bonds is 4. The molecule has 1 amide bonds. The maximum Gasteiger partial charge on any atom is 0.234 e. The van der Waals surface area contributed by atoms with Crippen molar-refractivity contribution in [1.82, 2.24) is 5.32 Å². The number of aliphatic hydroxyl groups is 1. The number of hydrogen-bond donors (Lipinski definition) is 2. The Morgan fingerprint density at radius 1 is 1.47 bits per heavy atom. The molecular formula is C13H24BrNO2. The summed E-state index contributed by atoms with van der Waals surface area (Å²) < 4.78 is 0. The average Bonchev–Trinajstić information content (AvgIpc) is 2.29. The SMILES string of the molecule is CC1CCC(O)(CNC(=O)C(Br)C(C)C)CC1. The largest absolute Gasteiger partial charge is 0.388 e. The van der Waals surface area contributed by atoms with Crippen molar-refractivity contribution in [3.63, 3.8) is 0 Å². The molecule has 1 atom stereocenters. The molecule has 0 aliphatic heterocycles. The van der Waals surface area contributed by atoms with Crippen LogP contribution in [-0.2, 0) is 4.79 Å². The first-order valence-corrected chi connectivity index (χ1v) is 7.40. The van der Waals surface area contributed by atoms with E-state index in [0.717, 1.165) is 25.7 Å². The minimum Gasteiger partial charge on any atom is -0.388 e. The first-order valence-electron chi connectivity index (χ1n) is 6.48. The zero-order valence-corrected chi connectivity index (χ0v) is 12.6. The summed E-state index contributed by atoms with van der Waals surface area (Å²) in [5, 5.41) is 13.2. The Labute approximate surface area is 112 Å². The molecule has 4 heteroatoms. The highest BCUT2D eigenvalue weighted by molar-refractivity contribution is 9.10. The Kier molecular flexibility index (Phi) is 5.45. The molecule has 0 aromatic carbocycles. The molecule has 0 heterocycles. The van der Waals surface area contributed by atoms with E-state index in [2.05, 4.69) is 28.2 Å². The Balaban J connectivity index is 2.37. The molecule has 2 N–H and O–H groups in total. The molecule has 0 aromatic rings. The third kappa shape index (κ3) is 4.59. The molecule has 0 bridgehead atoms. The minimum atomic E-state index is -0.689. The van der Waals surface area contributed by atoms with Gasteiger partial charge >= 0.3 is 0 Å². The van der Waals surface area contributed by atoms with Crippen molar-refractivity contribution in [3.8, 4) is 0 Å². The fraction of sp³-hybridized carbons (Fsp3) is 0.923. The monoisotopic (exact) mass is 305 g/mol. The summed E-state index contributed by atoms with van der Waals surface area (Å²) in [5.74, 6) is 0.939. The highest BCUT2D eigenvalue weighted by atomic mass is 79.9. The maximum absolute atomic E-state index is 11.8. The van der Waals surface area contributed by atoms with Crippen molar-refractivity contribution in [1.29, 1.82) is 0 Å². The van der Waals surface area contributed by atoms with Gasteiger partial charge in [-0.25, -0.2) is 0 Å². The topological polar surface area (TPSA) is 49.3 Å². The number of hydrogen-bond acceptors (Lipinski definition) is 2. The first kappa shape index (κ1) is 15.0. The molecule has 0 spiro atoms. The van der Waals surface area contributed by atoms with E-state index in [0.29, 0.717) is 12.5 Å². The lowest BCUT2D eigenvalue weighted by atomic mass is 9.79. The van der Waals surface area contributed by atoms with Gasteiger partial charge in [-0.05, 0) is 37.5 Å². The minimum absolute atomic E-state index is 0.0213. The Morgan fingerprint density at radius 2 is 2.00 bits per heavy atom. The zero-order valence-electron chi connectivity index (χ0n) is 11.0. The highest BCUT2D eigenvalue weighted by Crippen LogP contribution is 2.31. The van der Waals surface area contributed by atoms with E-state index in [9.17, 15) is 9.90 Å². The molecular weight excluding hydrogens is 282 g/mol. The average molecular weight is 306 g/mol. The summed E-state index contributed by atoms with van der Waals surface area (Å²) in [6, 6.07) is 0.